The Kier molecular flexibility index (Phi) is 9.36. The van der Waals surface area contributed by atoms with Gasteiger partial charge < -0.3 is 23.2 Å². The summed E-state index contributed by atoms with van der Waals surface area (Å²) in [6, 6.07) is 63.5. The minimum absolute atomic E-state index is 0. The van der Waals surface area contributed by atoms with Crippen molar-refractivity contribution in [3.05, 3.63) is 200 Å². The second-order valence-corrected chi connectivity index (χ2v) is 16.6. The number of hydrogen-bond acceptors (Lipinski definition) is 3. The van der Waals surface area contributed by atoms with Gasteiger partial charge in [0.05, 0.1) is 16.7 Å². The number of benzene rings is 7. The predicted octanol–water partition coefficient (Wildman–Crippen LogP) is 10.2. The minimum Gasteiger partial charge on any atom is -0.510 e. The summed E-state index contributed by atoms with van der Waals surface area (Å²) in [6.45, 7) is 3.38. The van der Waals surface area contributed by atoms with Crippen LogP contribution in [0.15, 0.2) is 176 Å². The van der Waals surface area contributed by atoms with Crippen molar-refractivity contribution in [3.63, 3.8) is 0 Å². The first kappa shape index (κ1) is 36.7. The molecule has 4 heterocycles. The minimum atomic E-state index is -2.63. The molecule has 308 valence electrons. The molecule has 0 N–H and O–H groups in total. The Morgan fingerprint density at radius 2 is 1.38 bits per heavy atom. The molecular weight excluding hydrogens is 955 g/mol. The molecule has 0 amide bonds. The van der Waals surface area contributed by atoms with Crippen LogP contribution in [0.25, 0.3) is 55.6 Å². The molecule has 0 bridgehead atoms. The van der Waals surface area contributed by atoms with Crippen molar-refractivity contribution in [2.45, 2.75) is 26.2 Å². The van der Waals surface area contributed by atoms with Crippen LogP contribution in [0, 0.1) is 18.5 Å². The van der Waals surface area contributed by atoms with Crippen molar-refractivity contribution in [2.24, 2.45) is 6.98 Å². The molecule has 8 heteroatoms. The maximum absolute atomic E-state index is 8.93. The average Bonchev–Trinajstić information content (AvgIpc) is 3.87. The molecule has 0 saturated heterocycles. The molecule has 63 heavy (non-hydrogen) atoms. The molecule has 3 aromatic heterocycles. The van der Waals surface area contributed by atoms with Gasteiger partial charge in [-0.1, -0.05) is 153 Å². The van der Waals surface area contributed by atoms with Crippen molar-refractivity contribution in [3.8, 4) is 56.9 Å². The number of pyridine rings is 1. The van der Waals surface area contributed by atoms with E-state index in [4.69, 9.17) is 18.6 Å². The van der Waals surface area contributed by atoms with E-state index in [1.54, 1.807) is 4.57 Å². The second-order valence-electron chi connectivity index (χ2n) is 16.6. The molecule has 0 saturated carbocycles. The van der Waals surface area contributed by atoms with Crippen LogP contribution in [0.5, 0.6) is 23.1 Å². The number of aryl methyl sites for hydroxylation is 1. The normalized spacial score (nSPS) is 13.0. The largest absolute Gasteiger partial charge is 0.510 e. The number of hydrogen-bond donors (Lipinski definition) is 0. The van der Waals surface area contributed by atoms with Gasteiger partial charge in [0, 0.05) is 44.3 Å². The first-order chi connectivity index (χ1) is 31.5. The van der Waals surface area contributed by atoms with E-state index in [-0.39, 0.29) is 26.5 Å². The quantitative estimate of drug-likeness (QED) is 0.0908. The summed E-state index contributed by atoms with van der Waals surface area (Å²) in [7, 11) is 0. The van der Waals surface area contributed by atoms with Crippen LogP contribution in [0.3, 0.4) is 0 Å². The van der Waals surface area contributed by atoms with Gasteiger partial charge in [-0.2, -0.15) is 18.2 Å². The van der Waals surface area contributed by atoms with E-state index < -0.39 is 13.7 Å². The monoisotopic (exact) mass is 998 g/mol. The summed E-state index contributed by atoms with van der Waals surface area (Å²) in [6.07, 6.45) is 5.07. The standard InChI is InChI=1S/C55H41BN4O2.Pt/c1-55(2,3)39-31-32-57-51(33-39)60-48-27-13-11-23-45(48)46-30-29-42(35-49(46)60)61-41-22-15-21-40(34-41)59-36-58(4)53-54(59)62-50-28-14-12-26-47(50)56(53)52-43(37-17-7-5-8-18-37)24-16-25-44(52)38-19-9-6-10-20-38;/h5-33H,1-4H3;/q-2;/i4D3;. The van der Waals surface area contributed by atoms with E-state index in [9.17, 15) is 0 Å². The van der Waals surface area contributed by atoms with Crippen LogP contribution in [0.4, 0.5) is 0 Å². The summed E-state index contributed by atoms with van der Waals surface area (Å²) in [5, 5.41) is 2.10. The van der Waals surface area contributed by atoms with Crippen LogP contribution in [-0.2, 0) is 33.5 Å². The molecule has 0 unspecified atom stereocenters. The molecule has 1 aliphatic heterocycles. The Hall–Kier alpha value is -6.95. The van der Waals surface area contributed by atoms with Crippen LogP contribution in [0.2, 0.25) is 0 Å². The number of nitrogens with zero attached hydrogens (tertiary/aromatic N) is 4. The topological polar surface area (TPSA) is 45.1 Å². The molecule has 10 aromatic rings. The summed E-state index contributed by atoms with van der Waals surface area (Å²) < 4.78 is 45.2. The zero-order valence-electron chi connectivity index (χ0n) is 37.7. The van der Waals surface area contributed by atoms with Crippen LogP contribution in [-0.4, -0.2) is 20.8 Å². The van der Waals surface area contributed by atoms with E-state index in [2.05, 4.69) is 117 Å². The number of ether oxygens (including phenoxy) is 2. The van der Waals surface area contributed by atoms with Gasteiger partial charge in [0.25, 0.3) is 0 Å². The van der Waals surface area contributed by atoms with Gasteiger partial charge in [-0.3, -0.25) is 0 Å². The molecule has 0 atom stereocenters. The smallest absolute Gasteiger partial charge is 0.244 e. The maximum Gasteiger partial charge on any atom is 0.244 e. The molecular formula is C55H41BN4O2Pt-2. The zero-order valence-corrected chi connectivity index (χ0v) is 37.0. The SMILES string of the molecule is [2H]C([2H])([2H])[n+]1[c-]n(-c2[c-]c(Oc3[c-]c4c(cc3)c3ccccc3n4-c3cc(C(C)(C)C)ccn3)ccc2)c2c1B(c1c(-c3ccccc3)cccc1-c1ccccc1)c1ccccc1O2.[Pt]. The fraction of sp³-hybridized carbons (Fsp3) is 0.0909. The zero-order chi connectivity index (χ0) is 44.5. The van der Waals surface area contributed by atoms with Gasteiger partial charge in [0.2, 0.25) is 18.9 Å². The van der Waals surface area contributed by atoms with Crippen LogP contribution in [0.1, 0.15) is 30.4 Å². The third-order valence-corrected chi connectivity index (χ3v) is 11.7. The van der Waals surface area contributed by atoms with Crippen LogP contribution >= 0.6 is 0 Å². The van der Waals surface area contributed by atoms with Crippen molar-refractivity contribution in [1.29, 1.82) is 0 Å². The molecule has 6 nitrogen and oxygen atoms in total. The average molecular weight is 999 g/mol. The van der Waals surface area contributed by atoms with Gasteiger partial charge in [0.1, 0.15) is 11.6 Å². The van der Waals surface area contributed by atoms with Gasteiger partial charge in [0.15, 0.2) is 0 Å². The Bertz CT molecular complexity index is 3380. The molecule has 0 radical (unpaired) electrons. The van der Waals surface area contributed by atoms with Gasteiger partial charge in [-0.15, -0.1) is 29.7 Å². The van der Waals surface area contributed by atoms with Crippen molar-refractivity contribution in [2.75, 3.05) is 0 Å². The van der Waals surface area contributed by atoms with Crippen molar-refractivity contribution < 1.29 is 39.2 Å². The Morgan fingerprint density at radius 1 is 0.698 bits per heavy atom. The molecule has 0 spiro atoms. The Labute approximate surface area is 386 Å². The summed E-state index contributed by atoms with van der Waals surface area (Å²) in [4.78, 5) is 4.82. The fourth-order valence-corrected chi connectivity index (χ4v) is 8.82. The van der Waals surface area contributed by atoms with Gasteiger partial charge in [-0.25, -0.2) is 4.98 Å². The van der Waals surface area contributed by atoms with E-state index in [1.165, 1.54) is 10.1 Å². The summed E-state index contributed by atoms with van der Waals surface area (Å²) >= 11 is 0. The number of rotatable bonds is 7. The molecule has 7 aromatic carbocycles. The van der Waals surface area contributed by atoms with Gasteiger partial charge >= 0.3 is 0 Å². The van der Waals surface area contributed by atoms with E-state index in [1.807, 2.05) is 103 Å². The Morgan fingerprint density at radius 3 is 2.13 bits per heavy atom. The summed E-state index contributed by atoms with van der Waals surface area (Å²) in [5.41, 5.74) is 9.66. The van der Waals surface area contributed by atoms with Gasteiger partial charge in [-0.05, 0) is 68.3 Å². The van der Waals surface area contributed by atoms with E-state index >= 15 is 0 Å². The maximum atomic E-state index is 8.93. The predicted molar refractivity (Wildman–Crippen MR) is 249 cm³/mol. The first-order valence-electron chi connectivity index (χ1n) is 22.3. The van der Waals surface area contributed by atoms with Crippen molar-refractivity contribution in [1.82, 2.24) is 14.1 Å². The molecule has 11 rings (SSSR count). The number of fused-ring (bicyclic) bond motifs is 5. The molecule has 0 aliphatic carbocycles. The number of aromatic nitrogens is 4. The number of para-hydroxylation sites is 2. The fourth-order valence-electron chi connectivity index (χ4n) is 8.82. The third kappa shape index (κ3) is 7.07. The second kappa shape index (κ2) is 16.1. The third-order valence-electron chi connectivity index (χ3n) is 11.7. The molecule has 1 aliphatic rings. The van der Waals surface area contributed by atoms with Crippen LogP contribution < -0.4 is 30.6 Å². The first-order valence-corrected chi connectivity index (χ1v) is 20.8. The van der Waals surface area contributed by atoms with Crippen molar-refractivity contribution >= 4 is 45.0 Å². The Balaban J connectivity index is 0.00000511. The molecule has 0 fully saturated rings. The van der Waals surface area contributed by atoms with E-state index in [0.717, 1.165) is 60.8 Å². The van der Waals surface area contributed by atoms with E-state index in [0.29, 0.717) is 34.4 Å². The number of imidazole rings is 1. The summed E-state index contributed by atoms with van der Waals surface area (Å²) in [5.74, 6) is 2.61.